The van der Waals surface area contributed by atoms with Crippen LogP contribution in [0.5, 0.6) is 0 Å². The first-order chi connectivity index (χ1) is 14.2. The molecule has 0 radical (unpaired) electrons. The van der Waals surface area contributed by atoms with E-state index < -0.39 is 0 Å². The predicted molar refractivity (Wildman–Crippen MR) is 122 cm³/mol. The first-order valence-electron chi connectivity index (χ1n) is 11.4. The highest BCUT2D eigenvalue weighted by Gasteiger charge is 2.12. The monoisotopic (exact) mass is 400 g/mol. The van der Waals surface area contributed by atoms with E-state index in [0.29, 0.717) is 0 Å². The third-order valence-corrected chi connectivity index (χ3v) is 6.09. The third-order valence-electron chi connectivity index (χ3n) is 6.09. The van der Waals surface area contributed by atoms with E-state index in [1.54, 1.807) is 0 Å². The van der Waals surface area contributed by atoms with E-state index in [2.05, 4.69) is 61.6 Å². The summed E-state index contributed by atoms with van der Waals surface area (Å²) >= 11 is 0. The van der Waals surface area contributed by atoms with Crippen LogP contribution in [-0.2, 0) is 13.1 Å². The van der Waals surface area contributed by atoms with Crippen LogP contribution >= 0.6 is 0 Å². The number of aliphatic imine (C=N–C) groups is 1. The van der Waals surface area contributed by atoms with Crippen LogP contribution in [0.1, 0.15) is 36.8 Å². The molecule has 6 heteroatoms. The minimum atomic E-state index is 0.804. The van der Waals surface area contributed by atoms with Gasteiger partial charge >= 0.3 is 0 Å². The zero-order chi connectivity index (χ0) is 20.3. The second-order valence-electron chi connectivity index (χ2n) is 8.50. The lowest BCUT2D eigenvalue weighted by Gasteiger charge is -2.26. The van der Waals surface area contributed by atoms with Gasteiger partial charge in [0.25, 0.3) is 0 Å². The highest BCUT2D eigenvalue weighted by atomic mass is 15.2. The van der Waals surface area contributed by atoms with E-state index in [9.17, 15) is 0 Å². The van der Waals surface area contributed by atoms with Gasteiger partial charge in [-0.3, -0.25) is 9.89 Å². The fraction of sp³-hybridized carbons (Fsp3) is 0.696. The summed E-state index contributed by atoms with van der Waals surface area (Å²) in [7, 11) is 4.06. The van der Waals surface area contributed by atoms with E-state index >= 15 is 0 Å². The number of likely N-dealkylation sites (N-methyl/N-ethyl adjacent to an activating group) is 1. The summed E-state index contributed by atoms with van der Waals surface area (Å²) in [4.78, 5) is 11.9. The molecule has 0 saturated carbocycles. The van der Waals surface area contributed by atoms with Gasteiger partial charge in [-0.15, -0.1) is 0 Å². The first-order valence-corrected chi connectivity index (χ1v) is 11.4. The van der Waals surface area contributed by atoms with Crippen LogP contribution in [0.3, 0.4) is 0 Å². The molecule has 0 atom stereocenters. The van der Waals surface area contributed by atoms with E-state index in [0.717, 1.165) is 38.7 Å². The van der Waals surface area contributed by atoms with Crippen LogP contribution in [0.2, 0.25) is 0 Å². The fourth-order valence-electron chi connectivity index (χ4n) is 4.20. The lowest BCUT2D eigenvalue weighted by Crippen LogP contribution is -2.42. The quantitative estimate of drug-likeness (QED) is 0.541. The molecular weight excluding hydrogens is 360 g/mol. The van der Waals surface area contributed by atoms with E-state index in [1.165, 1.54) is 69.5 Å². The molecule has 2 fully saturated rings. The average Bonchev–Trinajstić information content (AvgIpc) is 2.96. The zero-order valence-corrected chi connectivity index (χ0v) is 18.5. The van der Waals surface area contributed by atoms with Crippen LogP contribution in [0.25, 0.3) is 0 Å². The number of guanidine groups is 1. The van der Waals surface area contributed by atoms with Crippen molar-refractivity contribution in [1.82, 2.24) is 25.3 Å². The number of piperidine rings is 1. The summed E-state index contributed by atoms with van der Waals surface area (Å²) in [5.41, 5.74) is 2.71. The predicted octanol–water partition coefficient (Wildman–Crippen LogP) is 1.98. The molecular formula is C23H40N6. The molecule has 3 rings (SSSR count). The normalized spacial score (nSPS) is 20.4. The SMILES string of the molecule is CN=C(NCCN1CCCN(C)CC1)NCc1ccc(CN2CCCCC2)cc1. The highest BCUT2D eigenvalue weighted by molar-refractivity contribution is 5.79. The summed E-state index contributed by atoms with van der Waals surface area (Å²) in [5.74, 6) is 0.884. The Labute approximate surface area is 177 Å². The molecule has 2 aliphatic rings. The molecule has 2 aliphatic heterocycles. The van der Waals surface area contributed by atoms with Crippen molar-refractivity contribution < 1.29 is 0 Å². The van der Waals surface area contributed by atoms with Crippen molar-refractivity contribution in [2.24, 2.45) is 4.99 Å². The van der Waals surface area contributed by atoms with Crippen molar-refractivity contribution in [2.45, 2.75) is 38.8 Å². The fourth-order valence-corrected chi connectivity index (χ4v) is 4.20. The Morgan fingerprint density at radius 3 is 2.31 bits per heavy atom. The van der Waals surface area contributed by atoms with Crippen LogP contribution in [0, 0.1) is 0 Å². The molecule has 0 unspecified atom stereocenters. The van der Waals surface area contributed by atoms with Gasteiger partial charge in [0.05, 0.1) is 0 Å². The molecule has 0 aliphatic carbocycles. The smallest absolute Gasteiger partial charge is 0.191 e. The average molecular weight is 401 g/mol. The third kappa shape index (κ3) is 7.96. The van der Waals surface area contributed by atoms with E-state index in [-0.39, 0.29) is 0 Å². The van der Waals surface area contributed by atoms with Gasteiger partial charge in [0, 0.05) is 46.3 Å². The Kier molecular flexibility index (Phi) is 9.25. The second-order valence-corrected chi connectivity index (χ2v) is 8.50. The Bertz CT molecular complexity index is 608. The highest BCUT2D eigenvalue weighted by Crippen LogP contribution is 2.13. The standard InChI is InChI=1S/C23H40N6/c1-24-23(25-11-16-28-15-6-12-27(2)17-18-28)26-19-21-7-9-22(10-8-21)20-29-13-4-3-5-14-29/h7-10H,3-6,11-20H2,1-2H3,(H2,24,25,26). The van der Waals surface area contributed by atoms with Crippen molar-refractivity contribution in [2.75, 3.05) is 66.5 Å². The maximum Gasteiger partial charge on any atom is 0.191 e. The van der Waals surface area contributed by atoms with E-state index in [1.807, 2.05) is 7.05 Å². The summed E-state index contributed by atoms with van der Waals surface area (Å²) in [5, 5.41) is 6.91. The summed E-state index contributed by atoms with van der Waals surface area (Å²) in [6.07, 6.45) is 5.36. The Morgan fingerprint density at radius 2 is 1.55 bits per heavy atom. The van der Waals surface area contributed by atoms with E-state index in [4.69, 9.17) is 0 Å². The van der Waals surface area contributed by atoms with Crippen molar-refractivity contribution in [3.05, 3.63) is 35.4 Å². The topological polar surface area (TPSA) is 46.1 Å². The number of likely N-dealkylation sites (tertiary alicyclic amines) is 1. The largest absolute Gasteiger partial charge is 0.355 e. The van der Waals surface area contributed by atoms with Crippen LogP contribution < -0.4 is 10.6 Å². The Hall–Kier alpha value is -1.63. The number of nitrogens with zero attached hydrogens (tertiary/aromatic N) is 4. The maximum atomic E-state index is 4.37. The van der Waals surface area contributed by atoms with Gasteiger partial charge in [0.15, 0.2) is 5.96 Å². The van der Waals surface area contributed by atoms with Gasteiger partial charge in [-0.05, 0) is 63.6 Å². The summed E-state index contributed by atoms with van der Waals surface area (Å²) in [6.45, 7) is 11.1. The number of nitrogens with one attached hydrogen (secondary N) is 2. The Morgan fingerprint density at radius 1 is 0.828 bits per heavy atom. The molecule has 1 aromatic rings. The molecule has 0 spiro atoms. The zero-order valence-electron chi connectivity index (χ0n) is 18.5. The first kappa shape index (κ1) is 22.1. The molecule has 2 N–H and O–H groups in total. The number of benzene rings is 1. The van der Waals surface area contributed by atoms with Gasteiger partial charge in [-0.25, -0.2) is 0 Å². The molecule has 29 heavy (non-hydrogen) atoms. The number of hydrogen-bond acceptors (Lipinski definition) is 4. The van der Waals surface area contributed by atoms with Gasteiger partial charge in [0.2, 0.25) is 0 Å². The van der Waals surface area contributed by atoms with Crippen molar-refractivity contribution in [3.63, 3.8) is 0 Å². The van der Waals surface area contributed by atoms with Crippen LogP contribution in [-0.4, -0.2) is 87.1 Å². The van der Waals surface area contributed by atoms with Crippen LogP contribution in [0.15, 0.2) is 29.3 Å². The number of hydrogen-bond donors (Lipinski definition) is 2. The molecule has 1 aromatic carbocycles. The molecule has 6 nitrogen and oxygen atoms in total. The molecule has 162 valence electrons. The Balaban J connectivity index is 1.35. The number of rotatable bonds is 7. The molecule has 2 heterocycles. The molecule has 0 bridgehead atoms. The van der Waals surface area contributed by atoms with Gasteiger partial charge in [-0.2, -0.15) is 0 Å². The maximum absolute atomic E-state index is 4.37. The van der Waals surface area contributed by atoms with Crippen molar-refractivity contribution >= 4 is 5.96 Å². The van der Waals surface area contributed by atoms with Gasteiger partial charge in [-0.1, -0.05) is 30.7 Å². The van der Waals surface area contributed by atoms with Crippen molar-refractivity contribution in [1.29, 1.82) is 0 Å². The van der Waals surface area contributed by atoms with Gasteiger partial charge in [0.1, 0.15) is 0 Å². The van der Waals surface area contributed by atoms with Gasteiger partial charge < -0.3 is 20.4 Å². The molecule has 2 saturated heterocycles. The van der Waals surface area contributed by atoms with Crippen molar-refractivity contribution in [3.8, 4) is 0 Å². The lowest BCUT2D eigenvalue weighted by molar-refractivity contribution is 0.221. The summed E-state index contributed by atoms with van der Waals surface area (Å²) < 4.78 is 0. The lowest BCUT2D eigenvalue weighted by atomic mass is 10.1. The minimum absolute atomic E-state index is 0.804. The molecule has 0 amide bonds. The second kappa shape index (κ2) is 12.2. The molecule has 0 aromatic heterocycles. The summed E-state index contributed by atoms with van der Waals surface area (Å²) in [6, 6.07) is 9.04. The minimum Gasteiger partial charge on any atom is -0.355 e. The van der Waals surface area contributed by atoms with Crippen LogP contribution in [0.4, 0.5) is 0 Å².